The van der Waals surface area contributed by atoms with E-state index in [4.69, 9.17) is 0 Å². The monoisotopic (exact) mass is 557 g/mol. The van der Waals surface area contributed by atoms with Crippen LogP contribution in [0.25, 0.3) is 11.1 Å². The second kappa shape index (κ2) is 11.3. The first-order valence-corrected chi connectivity index (χ1v) is 12.6. The molecule has 0 N–H and O–H groups in total. The van der Waals surface area contributed by atoms with Crippen molar-refractivity contribution in [2.75, 3.05) is 0 Å². The Balaban J connectivity index is 0.000000842. The van der Waals surface area contributed by atoms with E-state index in [0.29, 0.717) is 5.92 Å². The molecule has 1 unspecified atom stereocenters. The van der Waals surface area contributed by atoms with E-state index in [-0.39, 0.29) is 35.6 Å². The van der Waals surface area contributed by atoms with E-state index < -0.39 is 0 Å². The first-order valence-electron chi connectivity index (χ1n) is 11.4. The summed E-state index contributed by atoms with van der Waals surface area (Å²) in [6, 6.07) is 13.4. The predicted molar refractivity (Wildman–Crippen MR) is 133 cm³/mol. The van der Waals surface area contributed by atoms with Gasteiger partial charge in [-0.1, -0.05) is 100 Å². The van der Waals surface area contributed by atoms with Crippen LogP contribution in [0, 0.1) is 6.07 Å². The number of hydrogen-bond donors (Lipinski definition) is 0. The zero-order chi connectivity index (χ0) is 23.1. The molecule has 3 heteroatoms. The molecular formula is C30H37Cl2Zr-. The topological polar surface area (TPSA) is 0 Å². The summed E-state index contributed by atoms with van der Waals surface area (Å²) in [5.74, 6) is 0.360. The van der Waals surface area contributed by atoms with Gasteiger partial charge in [0.2, 0.25) is 0 Å². The molecule has 2 aliphatic rings. The van der Waals surface area contributed by atoms with E-state index in [2.05, 4.69) is 111 Å². The standard InChI is InChI=1S/C27H31.C3H6.2ClH.Zr/c1-17-8-9-18(12-17)24-14-20-13-19-10-11-21(26(2,3)4)15-22(19)23(20)16-25(24)27(5,6)7;1-3-2;;;/h8-12,15-16,18H,13H2,1-7H3;1-2H3;2*1H;/q-1;;;;+2/p-2. The maximum atomic E-state index is 3.87. The second-order valence-corrected chi connectivity index (χ2v) is 13.8. The van der Waals surface area contributed by atoms with Crippen LogP contribution in [0.2, 0.25) is 0 Å². The molecule has 0 nitrogen and oxygen atoms in total. The minimum absolute atomic E-state index is 0. The number of benzene rings is 2. The molecule has 0 aliphatic heterocycles. The molecule has 2 aromatic rings. The maximum Gasteiger partial charge on any atom is -1.00 e. The van der Waals surface area contributed by atoms with Gasteiger partial charge in [0.25, 0.3) is 0 Å². The van der Waals surface area contributed by atoms with E-state index >= 15 is 0 Å². The van der Waals surface area contributed by atoms with Crippen molar-refractivity contribution in [1.82, 2.24) is 0 Å². The number of fused-ring (bicyclic) bond motifs is 3. The van der Waals surface area contributed by atoms with Gasteiger partial charge in [-0.3, -0.25) is 0 Å². The molecule has 0 saturated heterocycles. The van der Waals surface area contributed by atoms with Crippen LogP contribution in [0.1, 0.15) is 96.0 Å². The molecule has 1 atom stereocenters. The molecule has 0 spiro atoms. The third kappa shape index (κ3) is 7.13. The average molecular weight is 560 g/mol. The molecule has 0 radical (unpaired) electrons. The van der Waals surface area contributed by atoms with Crippen LogP contribution >= 0.6 is 0 Å². The molecule has 33 heavy (non-hydrogen) atoms. The maximum absolute atomic E-state index is 3.87. The Morgan fingerprint density at radius 1 is 0.939 bits per heavy atom. The molecular weight excluding hydrogens is 522 g/mol. The first kappa shape index (κ1) is 30.3. The molecule has 0 bridgehead atoms. The number of rotatable bonds is 1. The Bertz CT molecular complexity index is 1070. The summed E-state index contributed by atoms with van der Waals surface area (Å²) in [4.78, 5) is 0. The van der Waals surface area contributed by atoms with Gasteiger partial charge < -0.3 is 24.8 Å². The first-order chi connectivity index (χ1) is 14.3. The van der Waals surface area contributed by atoms with Crippen molar-refractivity contribution < 1.29 is 49.0 Å². The van der Waals surface area contributed by atoms with E-state index in [1.807, 2.05) is 0 Å². The summed E-state index contributed by atoms with van der Waals surface area (Å²) in [7, 11) is 0. The van der Waals surface area contributed by atoms with Crippen molar-refractivity contribution in [3.63, 3.8) is 0 Å². The van der Waals surface area contributed by atoms with Gasteiger partial charge in [-0.15, -0.1) is 22.3 Å². The van der Waals surface area contributed by atoms with Crippen LogP contribution in [0.5, 0.6) is 0 Å². The third-order valence-corrected chi connectivity index (χ3v) is 5.97. The Morgan fingerprint density at radius 3 is 2.03 bits per heavy atom. The fourth-order valence-corrected chi connectivity index (χ4v) is 4.34. The summed E-state index contributed by atoms with van der Waals surface area (Å²) < 4.78 is 1.51. The number of halogens is 2. The van der Waals surface area contributed by atoms with Crippen molar-refractivity contribution in [3.05, 3.63) is 82.0 Å². The molecule has 4 rings (SSSR count). The fraction of sp³-hybridized carbons (Fsp3) is 0.433. The van der Waals surface area contributed by atoms with Crippen LogP contribution < -0.4 is 24.8 Å². The van der Waals surface area contributed by atoms with Crippen LogP contribution in [0.4, 0.5) is 0 Å². The van der Waals surface area contributed by atoms with Crippen molar-refractivity contribution in [3.8, 4) is 11.1 Å². The largest absolute Gasteiger partial charge is 1.00 e. The smallest absolute Gasteiger partial charge is 1.00 e. The summed E-state index contributed by atoms with van der Waals surface area (Å²) in [5.41, 5.74) is 11.4. The van der Waals surface area contributed by atoms with Crippen LogP contribution in [0.3, 0.4) is 0 Å². The van der Waals surface area contributed by atoms with Gasteiger partial charge in [0.05, 0.1) is 0 Å². The molecule has 0 saturated carbocycles. The average Bonchev–Trinajstić information content (AvgIpc) is 3.21. The van der Waals surface area contributed by atoms with Gasteiger partial charge in [0.15, 0.2) is 0 Å². The molecule has 2 aromatic carbocycles. The van der Waals surface area contributed by atoms with Crippen LogP contribution in [-0.2, 0) is 41.5 Å². The van der Waals surface area contributed by atoms with E-state index in [9.17, 15) is 0 Å². The van der Waals surface area contributed by atoms with E-state index in [1.165, 1.54) is 47.7 Å². The zero-order valence-electron chi connectivity index (χ0n) is 21.6. The zero-order valence-corrected chi connectivity index (χ0v) is 25.6. The molecule has 0 heterocycles. The van der Waals surface area contributed by atoms with Gasteiger partial charge in [-0.25, -0.2) is 0 Å². The number of hydrogen-bond acceptors (Lipinski definition) is 0. The van der Waals surface area contributed by atoms with Gasteiger partial charge in [0, 0.05) is 0 Å². The SMILES string of the molecule is CC1=CC(c2[c-]c3c(cc2C(C)(C)C)-c2cc(C(C)(C)C)ccc2C3)C=C1.C[C](C)=[Zr+2].[Cl-].[Cl-]. The Morgan fingerprint density at radius 2 is 1.55 bits per heavy atom. The third-order valence-electron chi connectivity index (χ3n) is 5.97. The van der Waals surface area contributed by atoms with Gasteiger partial charge in [-0.05, 0) is 30.2 Å². The fourth-order valence-electron chi connectivity index (χ4n) is 4.34. The summed E-state index contributed by atoms with van der Waals surface area (Å²) in [6.45, 7) is 20.3. The normalized spacial score (nSPS) is 16.0. The van der Waals surface area contributed by atoms with Crippen LogP contribution in [0.15, 0.2) is 48.1 Å². The van der Waals surface area contributed by atoms with E-state index in [0.717, 1.165) is 6.42 Å². The molecule has 2 aliphatic carbocycles. The Hall–Kier alpha value is -0.747. The van der Waals surface area contributed by atoms with Crippen molar-refractivity contribution in [2.45, 2.75) is 85.5 Å². The predicted octanol–water partition coefficient (Wildman–Crippen LogP) is 2.01. The molecule has 0 fully saturated rings. The summed E-state index contributed by atoms with van der Waals surface area (Å²) in [5, 5.41) is 0. The van der Waals surface area contributed by atoms with Crippen molar-refractivity contribution in [1.29, 1.82) is 0 Å². The van der Waals surface area contributed by atoms with Crippen molar-refractivity contribution in [2.24, 2.45) is 0 Å². The molecule has 176 valence electrons. The van der Waals surface area contributed by atoms with Crippen LogP contribution in [-0.4, -0.2) is 3.21 Å². The minimum Gasteiger partial charge on any atom is -1.00 e. The molecule has 0 amide bonds. The summed E-state index contributed by atoms with van der Waals surface area (Å²) in [6.07, 6.45) is 7.93. The number of allylic oxidation sites excluding steroid dienone is 4. The Kier molecular flexibility index (Phi) is 10.4. The Labute approximate surface area is 229 Å². The minimum atomic E-state index is 0. The van der Waals surface area contributed by atoms with Gasteiger partial charge >= 0.3 is 41.3 Å². The molecule has 0 aromatic heterocycles. The summed E-state index contributed by atoms with van der Waals surface area (Å²) >= 11 is 1.55. The van der Waals surface area contributed by atoms with E-state index in [1.54, 1.807) is 24.2 Å². The van der Waals surface area contributed by atoms with Crippen molar-refractivity contribution >= 4 is 3.21 Å². The quantitative estimate of drug-likeness (QED) is 0.401. The van der Waals surface area contributed by atoms with Gasteiger partial charge in [0.1, 0.15) is 0 Å². The van der Waals surface area contributed by atoms with Gasteiger partial charge in [-0.2, -0.15) is 12.1 Å². The second-order valence-electron chi connectivity index (χ2n) is 11.3.